The Morgan fingerprint density at radius 3 is 2.89 bits per heavy atom. The standard InChI is InChI=1S/C20H24N4O3/c1-14-6-2-3-8-16(14)22-18(25)13-23-17-9-4-10-21-19(17)24(20(23)26)12-15-7-5-11-27-15/h4-5,7,9-11,14,16H,2-3,6,8,12-13H2,1H3,(H,22,25). The highest BCUT2D eigenvalue weighted by molar-refractivity contribution is 5.79. The van der Waals surface area contributed by atoms with Gasteiger partial charge in [0.1, 0.15) is 12.3 Å². The van der Waals surface area contributed by atoms with Crippen LogP contribution >= 0.6 is 0 Å². The number of nitrogens with zero attached hydrogens (tertiary/aromatic N) is 3. The molecule has 27 heavy (non-hydrogen) atoms. The predicted octanol–water partition coefficient (Wildman–Crippen LogP) is 2.53. The molecule has 1 amide bonds. The minimum absolute atomic E-state index is 0.00456. The summed E-state index contributed by atoms with van der Waals surface area (Å²) in [6.45, 7) is 2.46. The normalized spacial score (nSPS) is 20.0. The molecule has 1 fully saturated rings. The molecule has 142 valence electrons. The summed E-state index contributed by atoms with van der Waals surface area (Å²) in [5.74, 6) is 1.01. The summed E-state index contributed by atoms with van der Waals surface area (Å²) in [4.78, 5) is 29.9. The Kier molecular flexibility index (Phi) is 4.83. The number of pyridine rings is 1. The molecule has 0 radical (unpaired) electrons. The Balaban J connectivity index is 1.60. The van der Waals surface area contributed by atoms with Crippen molar-refractivity contribution in [2.45, 2.75) is 51.7 Å². The van der Waals surface area contributed by atoms with Crippen LogP contribution in [0.1, 0.15) is 38.4 Å². The van der Waals surface area contributed by atoms with Gasteiger partial charge in [0.15, 0.2) is 5.65 Å². The van der Waals surface area contributed by atoms with E-state index in [-0.39, 0.29) is 30.7 Å². The van der Waals surface area contributed by atoms with E-state index in [1.807, 2.05) is 12.1 Å². The molecule has 7 heteroatoms. The van der Waals surface area contributed by atoms with Gasteiger partial charge in [0.05, 0.1) is 18.3 Å². The molecule has 3 heterocycles. The fraction of sp³-hybridized carbons (Fsp3) is 0.450. The van der Waals surface area contributed by atoms with Crippen LogP contribution in [-0.4, -0.2) is 26.1 Å². The van der Waals surface area contributed by atoms with Crippen LogP contribution < -0.4 is 11.0 Å². The minimum Gasteiger partial charge on any atom is -0.467 e. The van der Waals surface area contributed by atoms with E-state index in [1.54, 1.807) is 29.2 Å². The van der Waals surface area contributed by atoms with Gasteiger partial charge < -0.3 is 9.73 Å². The molecule has 1 saturated carbocycles. The number of hydrogen-bond acceptors (Lipinski definition) is 4. The molecule has 3 aromatic heterocycles. The van der Waals surface area contributed by atoms with Crippen molar-refractivity contribution in [2.75, 3.05) is 0 Å². The van der Waals surface area contributed by atoms with Gasteiger partial charge in [-0.3, -0.25) is 13.9 Å². The molecular formula is C20H24N4O3. The quantitative estimate of drug-likeness (QED) is 0.750. The van der Waals surface area contributed by atoms with Gasteiger partial charge in [-0.2, -0.15) is 0 Å². The van der Waals surface area contributed by atoms with Crippen molar-refractivity contribution in [1.82, 2.24) is 19.4 Å². The second-order valence-electron chi connectivity index (χ2n) is 7.32. The molecule has 0 aliphatic heterocycles. The monoisotopic (exact) mass is 368 g/mol. The zero-order valence-corrected chi connectivity index (χ0v) is 15.4. The summed E-state index contributed by atoms with van der Waals surface area (Å²) in [7, 11) is 0. The predicted molar refractivity (Wildman–Crippen MR) is 101 cm³/mol. The maximum atomic E-state index is 13.0. The molecule has 0 aromatic carbocycles. The SMILES string of the molecule is CC1CCCCC1NC(=O)Cn1c(=O)n(Cc2ccco2)c2ncccc21. The first-order chi connectivity index (χ1) is 13.1. The van der Waals surface area contributed by atoms with Gasteiger partial charge in [-0.05, 0) is 43.0 Å². The molecule has 2 unspecified atom stereocenters. The number of nitrogens with one attached hydrogen (secondary N) is 1. The number of carbonyl (C=O) groups is 1. The van der Waals surface area contributed by atoms with Crippen molar-refractivity contribution in [3.8, 4) is 0 Å². The van der Waals surface area contributed by atoms with Crippen LogP contribution in [0.2, 0.25) is 0 Å². The highest BCUT2D eigenvalue weighted by Gasteiger charge is 2.24. The number of rotatable bonds is 5. The molecule has 2 atom stereocenters. The second-order valence-corrected chi connectivity index (χ2v) is 7.32. The Labute approximate surface area is 157 Å². The van der Waals surface area contributed by atoms with Crippen molar-refractivity contribution in [3.05, 3.63) is 53.0 Å². The topological polar surface area (TPSA) is 82.1 Å². The minimum atomic E-state index is -0.257. The molecule has 0 bridgehead atoms. The Hall–Kier alpha value is -2.83. The van der Waals surface area contributed by atoms with Gasteiger partial charge in [0, 0.05) is 12.2 Å². The van der Waals surface area contributed by atoms with Crippen LogP contribution in [0.15, 0.2) is 45.9 Å². The van der Waals surface area contributed by atoms with E-state index in [9.17, 15) is 9.59 Å². The van der Waals surface area contributed by atoms with E-state index in [0.29, 0.717) is 22.8 Å². The highest BCUT2D eigenvalue weighted by atomic mass is 16.3. The van der Waals surface area contributed by atoms with Crippen molar-refractivity contribution in [3.63, 3.8) is 0 Å². The molecule has 1 aliphatic carbocycles. The lowest BCUT2D eigenvalue weighted by Crippen LogP contribution is -2.43. The molecule has 0 saturated heterocycles. The number of imidazole rings is 1. The number of amides is 1. The molecule has 7 nitrogen and oxygen atoms in total. The van der Waals surface area contributed by atoms with Crippen molar-refractivity contribution in [2.24, 2.45) is 5.92 Å². The second kappa shape index (κ2) is 7.42. The average molecular weight is 368 g/mol. The Morgan fingerprint density at radius 1 is 1.26 bits per heavy atom. The van der Waals surface area contributed by atoms with E-state index in [2.05, 4.69) is 17.2 Å². The summed E-state index contributed by atoms with van der Waals surface area (Å²) < 4.78 is 8.41. The van der Waals surface area contributed by atoms with E-state index < -0.39 is 0 Å². The Bertz CT molecular complexity index is 986. The molecule has 1 aliphatic rings. The fourth-order valence-corrected chi connectivity index (χ4v) is 3.93. The molecule has 1 N–H and O–H groups in total. The summed E-state index contributed by atoms with van der Waals surface area (Å²) in [5, 5.41) is 3.12. The van der Waals surface area contributed by atoms with Crippen LogP contribution in [0, 0.1) is 5.92 Å². The third-order valence-electron chi connectivity index (χ3n) is 5.43. The van der Waals surface area contributed by atoms with Gasteiger partial charge >= 0.3 is 5.69 Å². The van der Waals surface area contributed by atoms with Crippen LogP contribution in [-0.2, 0) is 17.9 Å². The highest BCUT2D eigenvalue weighted by Crippen LogP contribution is 2.23. The van der Waals surface area contributed by atoms with E-state index in [1.165, 1.54) is 11.0 Å². The van der Waals surface area contributed by atoms with Crippen molar-refractivity contribution >= 4 is 17.1 Å². The number of hydrogen-bond donors (Lipinski definition) is 1. The molecule has 4 rings (SSSR count). The lowest BCUT2D eigenvalue weighted by Gasteiger charge is -2.29. The van der Waals surface area contributed by atoms with E-state index >= 15 is 0 Å². The van der Waals surface area contributed by atoms with Crippen LogP contribution in [0.4, 0.5) is 0 Å². The summed E-state index contributed by atoms with van der Waals surface area (Å²) >= 11 is 0. The zero-order chi connectivity index (χ0) is 18.8. The average Bonchev–Trinajstić information content (AvgIpc) is 3.27. The molecule has 0 spiro atoms. The fourth-order valence-electron chi connectivity index (χ4n) is 3.93. The maximum absolute atomic E-state index is 13.0. The van der Waals surface area contributed by atoms with Crippen molar-refractivity contribution in [1.29, 1.82) is 0 Å². The smallest absolute Gasteiger partial charge is 0.331 e. The van der Waals surface area contributed by atoms with Gasteiger partial charge in [0.2, 0.25) is 5.91 Å². The molecular weight excluding hydrogens is 344 g/mol. The first-order valence-corrected chi connectivity index (χ1v) is 9.49. The largest absolute Gasteiger partial charge is 0.467 e. The third-order valence-corrected chi connectivity index (χ3v) is 5.43. The number of fused-ring (bicyclic) bond motifs is 1. The van der Waals surface area contributed by atoms with Crippen LogP contribution in [0.5, 0.6) is 0 Å². The Morgan fingerprint density at radius 2 is 2.11 bits per heavy atom. The summed E-state index contributed by atoms with van der Waals surface area (Å²) in [5.41, 5.74) is 0.950. The van der Waals surface area contributed by atoms with Crippen LogP contribution in [0.25, 0.3) is 11.2 Å². The van der Waals surface area contributed by atoms with Gasteiger partial charge in [-0.15, -0.1) is 0 Å². The molecule has 3 aromatic rings. The van der Waals surface area contributed by atoms with Crippen molar-refractivity contribution < 1.29 is 9.21 Å². The third kappa shape index (κ3) is 3.54. The first kappa shape index (κ1) is 17.6. The summed E-state index contributed by atoms with van der Waals surface area (Å²) in [6.07, 6.45) is 7.72. The van der Waals surface area contributed by atoms with Gasteiger partial charge in [-0.1, -0.05) is 19.8 Å². The van der Waals surface area contributed by atoms with E-state index in [4.69, 9.17) is 4.42 Å². The maximum Gasteiger partial charge on any atom is 0.331 e. The van der Waals surface area contributed by atoms with E-state index in [0.717, 1.165) is 19.3 Å². The summed E-state index contributed by atoms with van der Waals surface area (Å²) in [6, 6.07) is 7.38. The van der Waals surface area contributed by atoms with Crippen LogP contribution in [0.3, 0.4) is 0 Å². The number of carbonyl (C=O) groups excluding carboxylic acids is 1. The lowest BCUT2D eigenvalue weighted by molar-refractivity contribution is -0.122. The first-order valence-electron chi connectivity index (χ1n) is 9.49. The van der Waals surface area contributed by atoms with Gasteiger partial charge in [0.25, 0.3) is 0 Å². The van der Waals surface area contributed by atoms with Gasteiger partial charge in [-0.25, -0.2) is 9.78 Å². The lowest BCUT2D eigenvalue weighted by atomic mass is 9.86. The number of aromatic nitrogens is 3. The number of furan rings is 1. The zero-order valence-electron chi connectivity index (χ0n) is 15.4.